The molecule has 2 amide bonds. The molecule has 6 nitrogen and oxygen atoms in total. The molecule has 0 aliphatic carbocycles. The lowest BCUT2D eigenvalue weighted by Crippen LogP contribution is -2.40. The van der Waals surface area contributed by atoms with Gasteiger partial charge in [-0.1, -0.05) is 0 Å². The van der Waals surface area contributed by atoms with E-state index in [9.17, 15) is 9.59 Å². The molecule has 1 aliphatic rings. The maximum Gasteiger partial charge on any atom is 0.246 e. The summed E-state index contributed by atoms with van der Waals surface area (Å²) in [5.41, 5.74) is 0. The fourth-order valence-electron chi connectivity index (χ4n) is 3.16. The number of piperidine rings is 1. The number of nitrogens with zero attached hydrogens (tertiary/aromatic N) is 1. The van der Waals surface area contributed by atoms with Gasteiger partial charge in [0.1, 0.15) is 23.0 Å². The number of aryl methyl sites for hydroxylation is 2. The molecular formula is C22H26N2O4. The molecule has 0 saturated carbocycles. The summed E-state index contributed by atoms with van der Waals surface area (Å²) in [6.45, 7) is 5.74. The van der Waals surface area contributed by atoms with Crippen molar-refractivity contribution in [1.82, 2.24) is 10.2 Å². The number of nitrogens with one attached hydrogen (secondary N) is 1. The molecule has 3 rings (SSSR count). The van der Waals surface area contributed by atoms with E-state index in [0.717, 1.165) is 24.4 Å². The van der Waals surface area contributed by atoms with Crippen molar-refractivity contribution in [3.8, 4) is 0 Å². The maximum atomic E-state index is 12.3. The Labute approximate surface area is 164 Å². The molecule has 6 heteroatoms. The van der Waals surface area contributed by atoms with Crippen molar-refractivity contribution >= 4 is 24.0 Å². The molecule has 3 heterocycles. The van der Waals surface area contributed by atoms with Crippen LogP contribution in [-0.2, 0) is 9.59 Å². The number of carbonyl (C=O) groups is 2. The zero-order chi connectivity index (χ0) is 19.9. The van der Waals surface area contributed by atoms with Gasteiger partial charge in [0.15, 0.2) is 0 Å². The fourth-order valence-corrected chi connectivity index (χ4v) is 3.16. The van der Waals surface area contributed by atoms with Gasteiger partial charge in [0.2, 0.25) is 11.8 Å². The third-order valence-corrected chi connectivity index (χ3v) is 4.80. The second-order valence-electron chi connectivity index (χ2n) is 7.08. The Balaban J connectivity index is 1.37. The molecule has 0 atom stereocenters. The quantitative estimate of drug-likeness (QED) is 0.775. The van der Waals surface area contributed by atoms with Crippen LogP contribution in [0.3, 0.4) is 0 Å². The molecule has 2 aromatic rings. The molecular weight excluding hydrogens is 356 g/mol. The van der Waals surface area contributed by atoms with Crippen LogP contribution in [0.1, 0.15) is 35.9 Å². The topological polar surface area (TPSA) is 75.7 Å². The monoisotopic (exact) mass is 382 g/mol. The average molecular weight is 382 g/mol. The van der Waals surface area contributed by atoms with E-state index in [2.05, 4.69) is 5.32 Å². The van der Waals surface area contributed by atoms with E-state index in [0.29, 0.717) is 37.1 Å². The van der Waals surface area contributed by atoms with Crippen molar-refractivity contribution in [2.24, 2.45) is 5.92 Å². The SMILES string of the molecule is Cc1ccc(C=CC(=O)NCC2CCN(C(=O)C=Cc3ccc(C)o3)CC2)o1. The number of hydrogen-bond donors (Lipinski definition) is 1. The summed E-state index contributed by atoms with van der Waals surface area (Å²) >= 11 is 0. The Morgan fingerprint density at radius 2 is 1.57 bits per heavy atom. The Hall–Kier alpha value is -3.02. The molecule has 28 heavy (non-hydrogen) atoms. The number of likely N-dealkylation sites (tertiary alicyclic amines) is 1. The van der Waals surface area contributed by atoms with Crippen LogP contribution in [0.4, 0.5) is 0 Å². The van der Waals surface area contributed by atoms with E-state index in [1.54, 1.807) is 18.2 Å². The van der Waals surface area contributed by atoms with Crippen LogP contribution in [-0.4, -0.2) is 36.3 Å². The minimum atomic E-state index is -0.135. The van der Waals surface area contributed by atoms with Gasteiger partial charge in [-0.15, -0.1) is 0 Å². The van der Waals surface area contributed by atoms with E-state index in [-0.39, 0.29) is 11.8 Å². The van der Waals surface area contributed by atoms with Crippen LogP contribution in [0.15, 0.2) is 45.3 Å². The van der Waals surface area contributed by atoms with Gasteiger partial charge < -0.3 is 19.1 Å². The van der Waals surface area contributed by atoms with Gasteiger partial charge in [-0.3, -0.25) is 9.59 Å². The minimum Gasteiger partial charge on any atom is -0.462 e. The molecule has 2 aromatic heterocycles. The standard InChI is InChI=1S/C22H26N2O4/c1-16-3-5-19(27-16)7-9-21(25)23-15-18-11-13-24(14-12-18)22(26)10-8-20-6-4-17(2)28-20/h3-10,18H,11-15H2,1-2H3,(H,23,25). The summed E-state index contributed by atoms with van der Waals surface area (Å²) in [6, 6.07) is 7.40. The fraction of sp³-hybridized carbons (Fsp3) is 0.364. The highest BCUT2D eigenvalue weighted by Gasteiger charge is 2.21. The van der Waals surface area contributed by atoms with Crippen molar-refractivity contribution in [3.05, 3.63) is 59.5 Å². The van der Waals surface area contributed by atoms with Crippen LogP contribution in [0.5, 0.6) is 0 Å². The summed E-state index contributed by atoms with van der Waals surface area (Å²) in [7, 11) is 0. The van der Waals surface area contributed by atoms with E-state index in [1.165, 1.54) is 6.08 Å². The van der Waals surface area contributed by atoms with E-state index in [1.807, 2.05) is 43.0 Å². The van der Waals surface area contributed by atoms with Gasteiger partial charge in [-0.05, 0) is 69.0 Å². The Kier molecular flexibility index (Phi) is 6.53. The molecule has 1 aliphatic heterocycles. The Morgan fingerprint density at radius 1 is 1.00 bits per heavy atom. The molecule has 1 N–H and O–H groups in total. The van der Waals surface area contributed by atoms with E-state index < -0.39 is 0 Å². The second kappa shape index (κ2) is 9.26. The van der Waals surface area contributed by atoms with Crippen LogP contribution >= 0.6 is 0 Å². The van der Waals surface area contributed by atoms with E-state index >= 15 is 0 Å². The van der Waals surface area contributed by atoms with E-state index in [4.69, 9.17) is 8.83 Å². The summed E-state index contributed by atoms with van der Waals surface area (Å²) < 4.78 is 10.8. The first kappa shape index (κ1) is 19.7. The zero-order valence-electron chi connectivity index (χ0n) is 16.3. The first-order valence-corrected chi connectivity index (χ1v) is 9.55. The second-order valence-corrected chi connectivity index (χ2v) is 7.08. The molecule has 0 aromatic carbocycles. The highest BCUT2D eigenvalue weighted by atomic mass is 16.3. The van der Waals surface area contributed by atoms with Crippen molar-refractivity contribution in [2.75, 3.05) is 19.6 Å². The highest BCUT2D eigenvalue weighted by molar-refractivity contribution is 5.92. The van der Waals surface area contributed by atoms with Gasteiger partial charge in [-0.2, -0.15) is 0 Å². The molecule has 1 fully saturated rings. The van der Waals surface area contributed by atoms with Crippen molar-refractivity contribution in [2.45, 2.75) is 26.7 Å². The van der Waals surface area contributed by atoms with Gasteiger partial charge in [0.05, 0.1) is 0 Å². The lowest BCUT2D eigenvalue weighted by Gasteiger charge is -2.31. The first-order valence-electron chi connectivity index (χ1n) is 9.55. The predicted molar refractivity (Wildman–Crippen MR) is 107 cm³/mol. The zero-order valence-corrected chi connectivity index (χ0v) is 16.3. The molecule has 148 valence electrons. The number of rotatable bonds is 6. The summed E-state index contributed by atoms with van der Waals surface area (Å²) in [6.07, 6.45) is 8.16. The Morgan fingerprint density at radius 3 is 2.11 bits per heavy atom. The van der Waals surface area contributed by atoms with Crippen molar-refractivity contribution in [3.63, 3.8) is 0 Å². The highest BCUT2D eigenvalue weighted by Crippen LogP contribution is 2.17. The summed E-state index contributed by atoms with van der Waals surface area (Å²) in [5.74, 6) is 3.22. The number of amides is 2. The maximum absolute atomic E-state index is 12.3. The van der Waals surface area contributed by atoms with Crippen LogP contribution < -0.4 is 5.32 Å². The molecule has 0 radical (unpaired) electrons. The number of hydrogen-bond acceptors (Lipinski definition) is 4. The van der Waals surface area contributed by atoms with Gasteiger partial charge in [0.25, 0.3) is 0 Å². The van der Waals surface area contributed by atoms with Crippen molar-refractivity contribution in [1.29, 1.82) is 0 Å². The van der Waals surface area contributed by atoms with Gasteiger partial charge >= 0.3 is 0 Å². The molecule has 0 unspecified atom stereocenters. The number of furan rings is 2. The van der Waals surface area contributed by atoms with Crippen LogP contribution in [0.2, 0.25) is 0 Å². The molecule has 0 spiro atoms. The lowest BCUT2D eigenvalue weighted by molar-refractivity contribution is -0.127. The Bertz CT molecular complexity index is 867. The predicted octanol–water partition coefficient (Wildman–Crippen LogP) is 3.57. The first-order chi connectivity index (χ1) is 13.5. The minimum absolute atomic E-state index is 0.00628. The molecule has 1 saturated heterocycles. The largest absolute Gasteiger partial charge is 0.462 e. The normalized spacial score (nSPS) is 15.6. The van der Waals surface area contributed by atoms with Gasteiger partial charge in [0, 0.05) is 31.8 Å². The third-order valence-electron chi connectivity index (χ3n) is 4.80. The smallest absolute Gasteiger partial charge is 0.246 e. The lowest BCUT2D eigenvalue weighted by atomic mass is 9.96. The third kappa shape index (κ3) is 5.74. The van der Waals surface area contributed by atoms with Crippen LogP contribution in [0, 0.1) is 19.8 Å². The summed E-state index contributed by atoms with van der Waals surface area (Å²) in [4.78, 5) is 26.1. The van der Waals surface area contributed by atoms with Crippen LogP contribution in [0.25, 0.3) is 12.2 Å². The average Bonchev–Trinajstić information content (AvgIpc) is 3.31. The number of carbonyl (C=O) groups excluding carboxylic acids is 2. The summed E-state index contributed by atoms with van der Waals surface area (Å²) in [5, 5.41) is 2.93. The van der Waals surface area contributed by atoms with Gasteiger partial charge in [-0.25, -0.2) is 0 Å². The van der Waals surface area contributed by atoms with Crippen molar-refractivity contribution < 1.29 is 18.4 Å². The molecule has 0 bridgehead atoms.